The van der Waals surface area contributed by atoms with Gasteiger partial charge in [0.25, 0.3) is 0 Å². The third kappa shape index (κ3) is 10.3. The summed E-state index contributed by atoms with van der Waals surface area (Å²) in [5.74, 6) is 0.834. The molecule has 2 N–H and O–H groups in total. The maximum absolute atomic E-state index is 5.96. The van der Waals surface area contributed by atoms with Gasteiger partial charge in [0.15, 0.2) is 5.96 Å². The van der Waals surface area contributed by atoms with Crippen LogP contribution >= 0.6 is 24.0 Å². The summed E-state index contributed by atoms with van der Waals surface area (Å²) < 4.78 is 11.4. The lowest BCUT2D eigenvalue weighted by Crippen LogP contribution is -2.37. The molecule has 0 atom stereocenters. The summed E-state index contributed by atoms with van der Waals surface area (Å²) in [5, 5.41) is 6.71. The highest BCUT2D eigenvalue weighted by Gasteiger charge is 2.12. The van der Waals surface area contributed by atoms with E-state index in [2.05, 4.69) is 39.9 Å². The summed E-state index contributed by atoms with van der Waals surface area (Å²) in [6.07, 6.45) is 7.99. The molecule has 5 nitrogen and oxygen atoms in total. The van der Waals surface area contributed by atoms with Crippen LogP contribution in [-0.4, -0.2) is 38.9 Å². The van der Waals surface area contributed by atoms with Crippen molar-refractivity contribution in [3.8, 4) is 0 Å². The molecule has 1 saturated carbocycles. The number of guanidine groups is 1. The van der Waals surface area contributed by atoms with Crippen LogP contribution in [-0.2, 0) is 22.6 Å². The van der Waals surface area contributed by atoms with Crippen LogP contribution < -0.4 is 10.6 Å². The average Bonchev–Trinajstić information content (AvgIpc) is 2.70. The molecule has 1 aliphatic rings. The third-order valence-corrected chi connectivity index (χ3v) is 4.70. The molecule has 154 valence electrons. The Balaban J connectivity index is 0.00000364. The molecule has 2 rings (SSSR count). The first kappa shape index (κ1) is 24.2. The fraction of sp³-hybridized carbons (Fsp3) is 0.667. The number of hydrogen-bond acceptors (Lipinski definition) is 3. The summed E-state index contributed by atoms with van der Waals surface area (Å²) in [6.45, 7) is 5.90. The Morgan fingerprint density at radius 1 is 1.07 bits per heavy atom. The molecular weight excluding hydrogens is 453 g/mol. The summed E-state index contributed by atoms with van der Waals surface area (Å²) in [4.78, 5) is 4.28. The minimum absolute atomic E-state index is 0. The van der Waals surface area contributed by atoms with Crippen molar-refractivity contribution in [1.29, 1.82) is 0 Å². The lowest BCUT2D eigenvalue weighted by molar-refractivity contribution is 0.0277. The lowest BCUT2D eigenvalue weighted by atomic mass is 9.98. The molecule has 0 amide bonds. The van der Waals surface area contributed by atoms with Gasteiger partial charge < -0.3 is 20.1 Å². The Labute approximate surface area is 181 Å². The van der Waals surface area contributed by atoms with E-state index in [0.717, 1.165) is 38.7 Å². The highest BCUT2D eigenvalue weighted by molar-refractivity contribution is 14.0. The highest BCUT2D eigenvalue weighted by atomic mass is 127. The Hall–Kier alpha value is -0.860. The van der Waals surface area contributed by atoms with Gasteiger partial charge in [0.2, 0.25) is 0 Å². The van der Waals surface area contributed by atoms with E-state index in [1.807, 2.05) is 6.92 Å². The molecule has 27 heavy (non-hydrogen) atoms. The number of aliphatic imine (C=N–C) groups is 1. The maximum Gasteiger partial charge on any atom is 0.191 e. The quantitative estimate of drug-likeness (QED) is 0.223. The van der Waals surface area contributed by atoms with E-state index in [4.69, 9.17) is 9.47 Å². The minimum Gasteiger partial charge on any atom is -0.378 e. The maximum atomic E-state index is 5.96. The van der Waals surface area contributed by atoms with Crippen molar-refractivity contribution in [2.45, 2.75) is 64.7 Å². The summed E-state index contributed by atoms with van der Waals surface area (Å²) in [5.41, 5.74) is 2.44. The fourth-order valence-corrected chi connectivity index (χ4v) is 3.14. The van der Waals surface area contributed by atoms with Crippen molar-refractivity contribution in [1.82, 2.24) is 10.6 Å². The second-order valence-electron chi connectivity index (χ2n) is 6.79. The van der Waals surface area contributed by atoms with Gasteiger partial charge in [-0.25, -0.2) is 0 Å². The molecule has 0 unspecified atom stereocenters. The molecule has 1 fully saturated rings. The van der Waals surface area contributed by atoms with Gasteiger partial charge in [-0.05, 0) is 37.3 Å². The molecule has 1 aromatic carbocycles. The largest absolute Gasteiger partial charge is 0.378 e. The number of rotatable bonds is 10. The predicted molar refractivity (Wildman–Crippen MR) is 123 cm³/mol. The van der Waals surface area contributed by atoms with E-state index in [9.17, 15) is 0 Å². The molecule has 6 heteroatoms. The fourth-order valence-electron chi connectivity index (χ4n) is 3.14. The SMILES string of the molecule is CCOCc1ccc(CNC(=NC)NCCCOC2CCCCC2)cc1.I. The van der Waals surface area contributed by atoms with Gasteiger partial charge in [-0.1, -0.05) is 43.5 Å². The zero-order valence-electron chi connectivity index (χ0n) is 16.8. The number of benzene rings is 1. The Kier molecular flexibility index (Phi) is 13.5. The van der Waals surface area contributed by atoms with Crippen molar-refractivity contribution >= 4 is 29.9 Å². The summed E-state index contributed by atoms with van der Waals surface area (Å²) >= 11 is 0. The molecule has 0 saturated heterocycles. The number of nitrogens with one attached hydrogen (secondary N) is 2. The standard InChI is InChI=1S/C21H35N3O2.HI/c1-3-25-17-19-12-10-18(11-13-19)16-24-21(22-2)23-14-7-15-26-20-8-5-4-6-9-20;/h10-13,20H,3-9,14-17H2,1-2H3,(H2,22,23,24);1H. The van der Waals surface area contributed by atoms with Crippen LogP contribution in [0, 0.1) is 0 Å². The van der Waals surface area contributed by atoms with Gasteiger partial charge >= 0.3 is 0 Å². The second-order valence-corrected chi connectivity index (χ2v) is 6.79. The minimum atomic E-state index is 0. The number of halogens is 1. The molecule has 0 spiro atoms. The van der Waals surface area contributed by atoms with E-state index in [0.29, 0.717) is 12.7 Å². The van der Waals surface area contributed by atoms with Crippen molar-refractivity contribution in [3.63, 3.8) is 0 Å². The average molecular weight is 489 g/mol. The van der Waals surface area contributed by atoms with Crippen LogP contribution in [0.4, 0.5) is 0 Å². The Morgan fingerprint density at radius 2 is 1.78 bits per heavy atom. The second kappa shape index (κ2) is 15.1. The molecule has 0 aliphatic heterocycles. The highest BCUT2D eigenvalue weighted by Crippen LogP contribution is 2.20. The molecule has 0 radical (unpaired) electrons. The first-order chi connectivity index (χ1) is 12.8. The molecule has 0 bridgehead atoms. The molecule has 1 aliphatic carbocycles. The van der Waals surface area contributed by atoms with Gasteiger partial charge in [0.1, 0.15) is 0 Å². The van der Waals surface area contributed by atoms with E-state index in [1.165, 1.54) is 43.2 Å². The van der Waals surface area contributed by atoms with Crippen molar-refractivity contribution in [3.05, 3.63) is 35.4 Å². The summed E-state index contributed by atoms with van der Waals surface area (Å²) in [7, 11) is 1.80. The molecular formula is C21H36IN3O2. The monoisotopic (exact) mass is 489 g/mol. The van der Waals surface area contributed by atoms with Crippen LogP contribution in [0.5, 0.6) is 0 Å². The third-order valence-electron chi connectivity index (χ3n) is 4.70. The smallest absolute Gasteiger partial charge is 0.191 e. The van der Waals surface area contributed by atoms with Crippen LogP contribution in [0.2, 0.25) is 0 Å². The zero-order valence-corrected chi connectivity index (χ0v) is 19.2. The van der Waals surface area contributed by atoms with Crippen molar-refractivity contribution < 1.29 is 9.47 Å². The number of nitrogens with zero attached hydrogens (tertiary/aromatic N) is 1. The van der Waals surface area contributed by atoms with Crippen LogP contribution in [0.3, 0.4) is 0 Å². The van der Waals surface area contributed by atoms with Crippen LogP contribution in [0.15, 0.2) is 29.3 Å². The summed E-state index contributed by atoms with van der Waals surface area (Å²) in [6, 6.07) is 8.50. The topological polar surface area (TPSA) is 54.9 Å². The molecule has 1 aromatic rings. The van der Waals surface area contributed by atoms with E-state index in [-0.39, 0.29) is 24.0 Å². The van der Waals surface area contributed by atoms with E-state index < -0.39 is 0 Å². The predicted octanol–water partition coefficient (Wildman–Crippen LogP) is 4.25. The lowest BCUT2D eigenvalue weighted by Gasteiger charge is -2.22. The van der Waals surface area contributed by atoms with Crippen LogP contribution in [0.25, 0.3) is 0 Å². The van der Waals surface area contributed by atoms with Crippen molar-refractivity contribution in [2.24, 2.45) is 4.99 Å². The van der Waals surface area contributed by atoms with Gasteiger partial charge in [0.05, 0.1) is 12.7 Å². The Morgan fingerprint density at radius 3 is 2.44 bits per heavy atom. The first-order valence-electron chi connectivity index (χ1n) is 10.0. The number of hydrogen-bond donors (Lipinski definition) is 2. The van der Waals surface area contributed by atoms with Crippen LogP contribution in [0.1, 0.15) is 56.6 Å². The number of ether oxygens (including phenoxy) is 2. The van der Waals surface area contributed by atoms with E-state index in [1.54, 1.807) is 7.05 Å². The van der Waals surface area contributed by atoms with Gasteiger partial charge in [0, 0.05) is 33.4 Å². The normalized spacial score (nSPS) is 15.3. The van der Waals surface area contributed by atoms with Gasteiger partial charge in [-0.15, -0.1) is 24.0 Å². The first-order valence-corrected chi connectivity index (χ1v) is 10.0. The molecule has 0 aromatic heterocycles. The van der Waals surface area contributed by atoms with Gasteiger partial charge in [-0.3, -0.25) is 4.99 Å². The zero-order chi connectivity index (χ0) is 18.5. The van der Waals surface area contributed by atoms with Crippen molar-refractivity contribution in [2.75, 3.05) is 26.8 Å². The molecule has 0 heterocycles. The van der Waals surface area contributed by atoms with E-state index >= 15 is 0 Å². The van der Waals surface area contributed by atoms with Gasteiger partial charge in [-0.2, -0.15) is 0 Å². The Bertz CT molecular complexity index is 517.